The van der Waals surface area contributed by atoms with Crippen molar-refractivity contribution in [3.05, 3.63) is 28.8 Å². The number of benzene rings is 1. The summed E-state index contributed by atoms with van der Waals surface area (Å²) >= 11 is 0. The Balaban J connectivity index is 1.66. The zero-order valence-electron chi connectivity index (χ0n) is 12.4. The maximum Gasteiger partial charge on any atom is 0.211 e. The first kappa shape index (κ1) is 14.8. The molecule has 1 aromatic rings. The van der Waals surface area contributed by atoms with Gasteiger partial charge in [0.25, 0.3) is 0 Å². The van der Waals surface area contributed by atoms with Gasteiger partial charge in [-0.15, -0.1) is 0 Å². The van der Waals surface area contributed by atoms with Gasteiger partial charge in [-0.05, 0) is 36.5 Å². The van der Waals surface area contributed by atoms with Gasteiger partial charge >= 0.3 is 0 Å². The molecular formula is C15H22N2O3S. The third-order valence-corrected chi connectivity index (χ3v) is 5.79. The molecule has 0 amide bonds. The van der Waals surface area contributed by atoms with E-state index >= 15 is 0 Å². The van der Waals surface area contributed by atoms with Crippen molar-refractivity contribution in [2.24, 2.45) is 0 Å². The summed E-state index contributed by atoms with van der Waals surface area (Å²) in [7, 11) is -3.08. The maximum absolute atomic E-state index is 11.5. The van der Waals surface area contributed by atoms with Crippen molar-refractivity contribution in [3.8, 4) is 5.75 Å². The van der Waals surface area contributed by atoms with Gasteiger partial charge in [0.05, 0.1) is 6.26 Å². The van der Waals surface area contributed by atoms with Gasteiger partial charge in [-0.25, -0.2) is 8.42 Å². The van der Waals surface area contributed by atoms with Crippen LogP contribution in [0.25, 0.3) is 0 Å². The van der Waals surface area contributed by atoms with Crippen molar-refractivity contribution in [2.75, 3.05) is 32.4 Å². The van der Waals surface area contributed by atoms with E-state index in [4.69, 9.17) is 0 Å². The van der Waals surface area contributed by atoms with E-state index in [1.807, 2.05) is 6.07 Å². The minimum Gasteiger partial charge on any atom is -0.508 e. The zero-order chi connectivity index (χ0) is 15.0. The minimum atomic E-state index is -3.08. The number of aryl methyl sites for hydroxylation is 2. The van der Waals surface area contributed by atoms with Crippen molar-refractivity contribution >= 4 is 10.0 Å². The van der Waals surface area contributed by atoms with Crippen molar-refractivity contribution < 1.29 is 13.5 Å². The monoisotopic (exact) mass is 310 g/mol. The van der Waals surface area contributed by atoms with Crippen molar-refractivity contribution in [3.63, 3.8) is 0 Å². The molecule has 5 nitrogen and oxygen atoms in total. The highest BCUT2D eigenvalue weighted by atomic mass is 32.2. The van der Waals surface area contributed by atoms with Crippen LogP contribution in [0, 0.1) is 0 Å². The van der Waals surface area contributed by atoms with Crippen LogP contribution in [0.5, 0.6) is 5.75 Å². The summed E-state index contributed by atoms with van der Waals surface area (Å²) in [5.41, 5.74) is 3.60. The average molecular weight is 310 g/mol. The highest BCUT2D eigenvalue weighted by Gasteiger charge is 2.24. The molecule has 0 unspecified atom stereocenters. The number of fused-ring (bicyclic) bond motifs is 1. The van der Waals surface area contributed by atoms with Crippen LogP contribution in [0.15, 0.2) is 12.1 Å². The summed E-state index contributed by atoms with van der Waals surface area (Å²) in [6, 6.07) is 4.03. The Kier molecular flexibility index (Phi) is 3.94. The van der Waals surface area contributed by atoms with E-state index in [0.29, 0.717) is 38.5 Å². The van der Waals surface area contributed by atoms with Crippen LogP contribution in [0.3, 0.4) is 0 Å². The lowest BCUT2D eigenvalue weighted by Crippen LogP contribution is -2.47. The highest BCUT2D eigenvalue weighted by Crippen LogP contribution is 2.30. The Labute approximate surface area is 126 Å². The standard InChI is InChI=1S/C15H22N2O3S/c1-21(19,20)17-7-5-16(6-8-17)11-14-9-12-3-2-4-13(12)10-15(14)18/h9-10,18H,2-8,11H2,1H3. The van der Waals surface area contributed by atoms with Gasteiger partial charge in [0.2, 0.25) is 10.0 Å². The minimum absolute atomic E-state index is 0.376. The van der Waals surface area contributed by atoms with Crippen LogP contribution in [-0.2, 0) is 29.4 Å². The van der Waals surface area contributed by atoms with Gasteiger partial charge in [0, 0.05) is 38.3 Å². The van der Waals surface area contributed by atoms with Gasteiger partial charge in [0.15, 0.2) is 0 Å². The fourth-order valence-electron chi connectivity index (χ4n) is 3.25. The van der Waals surface area contributed by atoms with Crippen molar-refractivity contribution in [1.29, 1.82) is 0 Å². The summed E-state index contributed by atoms with van der Waals surface area (Å²) in [5.74, 6) is 0.376. The zero-order valence-corrected chi connectivity index (χ0v) is 13.2. The number of piperazine rings is 1. The third kappa shape index (κ3) is 3.22. The van der Waals surface area contributed by atoms with Crippen LogP contribution < -0.4 is 0 Å². The number of phenolic OH excluding ortho intramolecular Hbond substituents is 1. The first-order valence-electron chi connectivity index (χ1n) is 7.44. The second-order valence-corrected chi connectivity index (χ2v) is 8.02. The molecule has 1 aliphatic heterocycles. The summed E-state index contributed by atoms with van der Waals surface area (Å²) in [4.78, 5) is 2.21. The fourth-order valence-corrected chi connectivity index (χ4v) is 4.08. The molecule has 1 aromatic carbocycles. The number of hydrogen-bond donors (Lipinski definition) is 1. The first-order chi connectivity index (χ1) is 9.93. The Hall–Kier alpha value is -1.11. The molecule has 6 heteroatoms. The van der Waals surface area contributed by atoms with E-state index in [2.05, 4.69) is 11.0 Å². The smallest absolute Gasteiger partial charge is 0.211 e. The number of rotatable bonds is 3. The second-order valence-electron chi connectivity index (χ2n) is 6.04. The molecule has 0 radical (unpaired) electrons. The van der Waals surface area contributed by atoms with Gasteiger partial charge in [0.1, 0.15) is 5.75 Å². The molecular weight excluding hydrogens is 288 g/mol. The third-order valence-electron chi connectivity index (χ3n) is 4.49. The van der Waals surface area contributed by atoms with E-state index in [1.54, 1.807) is 0 Å². The van der Waals surface area contributed by atoms with Crippen LogP contribution in [-0.4, -0.2) is 55.2 Å². The maximum atomic E-state index is 11.5. The lowest BCUT2D eigenvalue weighted by atomic mass is 10.0. The van der Waals surface area contributed by atoms with E-state index in [-0.39, 0.29) is 0 Å². The van der Waals surface area contributed by atoms with Gasteiger partial charge in [-0.3, -0.25) is 4.90 Å². The molecule has 0 bridgehead atoms. The van der Waals surface area contributed by atoms with E-state index in [9.17, 15) is 13.5 Å². The van der Waals surface area contributed by atoms with Gasteiger partial charge in [-0.2, -0.15) is 4.31 Å². The summed E-state index contributed by atoms with van der Waals surface area (Å²) in [5, 5.41) is 10.2. The predicted molar refractivity (Wildman–Crippen MR) is 81.8 cm³/mol. The van der Waals surface area contributed by atoms with Crippen LogP contribution in [0.2, 0.25) is 0 Å². The Bertz CT molecular complexity index is 635. The molecule has 0 spiro atoms. The molecule has 116 valence electrons. The fraction of sp³-hybridized carbons (Fsp3) is 0.600. The molecule has 2 aliphatic rings. The lowest BCUT2D eigenvalue weighted by Gasteiger charge is -2.33. The molecule has 0 aromatic heterocycles. The molecule has 1 fully saturated rings. The Morgan fingerprint density at radius 2 is 1.71 bits per heavy atom. The topological polar surface area (TPSA) is 60.9 Å². The first-order valence-corrected chi connectivity index (χ1v) is 9.29. The molecule has 1 saturated heterocycles. The van der Waals surface area contributed by atoms with Crippen LogP contribution in [0.1, 0.15) is 23.1 Å². The largest absolute Gasteiger partial charge is 0.508 e. The quantitative estimate of drug-likeness (QED) is 0.903. The molecule has 1 N–H and O–H groups in total. The van der Waals surface area contributed by atoms with Crippen molar-refractivity contribution in [1.82, 2.24) is 9.21 Å². The molecule has 0 atom stereocenters. The number of phenols is 1. The number of sulfonamides is 1. The summed E-state index contributed by atoms with van der Waals surface area (Å²) in [6.07, 6.45) is 4.60. The Morgan fingerprint density at radius 1 is 1.10 bits per heavy atom. The van der Waals surface area contributed by atoms with Gasteiger partial charge < -0.3 is 5.11 Å². The molecule has 0 saturated carbocycles. The van der Waals surface area contributed by atoms with Crippen LogP contribution >= 0.6 is 0 Å². The summed E-state index contributed by atoms with van der Waals surface area (Å²) < 4.78 is 24.5. The van der Waals surface area contributed by atoms with E-state index in [0.717, 1.165) is 18.4 Å². The van der Waals surface area contributed by atoms with Gasteiger partial charge in [-0.1, -0.05) is 6.07 Å². The van der Waals surface area contributed by atoms with E-state index < -0.39 is 10.0 Å². The lowest BCUT2D eigenvalue weighted by molar-refractivity contribution is 0.180. The second kappa shape index (κ2) is 5.59. The normalized spacial score (nSPS) is 20.6. The van der Waals surface area contributed by atoms with Crippen LogP contribution in [0.4, 0.5) is 0 Å². The summed E-state index contributed by atoms with van der Waals surface area (Å²) in [6.45, 7) is 3.18. The average Bonchev–Trinajstić information content (AvgIpc) is 2.86. The molecule has 3 rings (SSSR count). The number of hydrogen-bond acceptors (Lipinski definition) is 4. The number of aromatic hydroxyl groups is 1. The highest BCUT2D eigenvalue weighted by molar-refractivity contribution is 7.88. The Morgan fingerprint density at radius 3 is 2.33 bits per heavy atom. The van der Waals surface area contributed by atoms with Crippen molar-refractivity contribution in [2.45, 2.75) is 25.8 Å². The SMILES string of the molecule is CS(=O)(=O)N1CCN(Cc2cc3c(cc2O)CCC3)CC1. The number of nitrogens with zero attached hydrogens (tertiary/aromatic N) is 2. The molecule has 1 aliphatic carbocycles. The predicted octanol–water partition coefficient (Wildman–Crippen LogP) is 0.958. The molecule has 21 heavy (non-hydrogen) atoms. The van der Waals surface area contributed by atoms with E-state index in [1.165, 1.54) is 28.1 Å². The molecule has 1 heterocycles.